The van der Waals surface area contributed by atoms with Gasteiger partial charge in [-0.15, -0.1) is 0 Å². The van der Waals surface area contributed by atoms with E-state index < -0.39 is 0 Å². The van der Waals surface area contributed by atoms with E-state index in [2.05, 4.69) is 21.3 Å². The number of hydrogen-bond donors (Lipinski definition) is 4. The second kappa shape index (κ2) is 9.11. The summed E-state index contributed by atoms with van der Waals surface area (Å²) in [4.78, 5) is 22.7. The number of carbonyl (C=O) groups is 2. The van der Waals surface area contributed by atoms with Gasteiger partial charge in [-0.1, -0.05) is 0 Å². The standard InChI is InChI=1S/C10H22N4O2/c1-11-6-7-14-9(15)5-4-8(12-2)10(16)13-3/h8,11-12H,4-7H2,1-3H3,(H,13,16)(H,14,15). The quantitative estimate of drug-likeness (QED) is 0.380. The number of rotatable bonds is 8. The molecule has 0 aromatic carbocycles. The Morgan fingerprint density at radius 1 is 1.12 bits per heavy atom. The highest BCUT2D eigenvalue weighted by molar-refractivity contribution is 5.82. The Labute approximate surface area is 96.5 Å². The van der Waals surface area contributed by atoms with Crippen molar-refractivity contribution in [2.75, 3.05) is 34.2 Å². The van der Waals surface area contributed by atoms with Crippen molar-refractivity contribution in [1.82, 2.24) is 21.3 Å². The zero-order valence-corrected chi connectivity index (χ0v) is 10.2. The lowest BCUT2D eigenvalue weighted by atomic mass is 10.1. The zero-order chi connectivity index (χ0) is 12.4. The predicted octanol–water partition coefficient (Wildman–Crippen LogP) is -1.56. The minimum absolute atomic E-state index is 0.0283. The van der Waals surface area contributed by atoms with Crippen molar-refractivity contribution in [3.05, 3.63) is 0 Å². The number of carbonyl (C=O) groups excluding carboxylic acids is 2. The van der Waals surface area contributed by atoms with Crippen molar-refractivity contribution in [3.8, 4) is 0 Å². The van der Waals surface area contributed by atoms with Gasteiger partial charge in [0.2, 0.25) is 11.8 Å². The Morgan fingerprint density at radius 3 is 2.31 bits per heavy atom. The summed E-state index contributed by atoms with van der Waals surface area (Å²) in [6.45, 7) is 1.36. The first kappa shape index (κ1) is 14.9. The van der Waals surface area contributed by atoms with Crippen LogP contribution >= 0.6 is 0 Å². The Morgan fingerprint density at radius 2 is 1.81 bits per heavy atom. The minimum atomic E-state index is -0.306. The third-order valence-electron chi connectivity index (χ3n) is 2.27. The highest BCUT2D eigenvalue weighted by Gasteiger charge is 2.15. The lowest BCUT2D eigenvalue weighted by molar-refractivity contribution is -0.123. The summed E-state index contributed by atoms with van der Waals surface area (Å²) in [7, 11) is 5.12. The zero-order valence-electron chi connectivity index (χ0n) is 10.2. The molecule has 0 aliphatic rings. The van der Waals surface area contributed by atoms with Crippen LogP contribution in [0.5, 0.6) is 0 Å². The van der Waals surface area contributed by atoms with E-state index in [1.807, 2.05) is 7.05 Å². The molecule has 2 amide bonds. The molecule has 6 heteroatoms. The molecule has 0 bridgehead atoms. The van der Waals surface area contributed by atoms with Gasteiger partial charge in [0.25, 0.3) is 0 Å². The fourth-order valence-corrected chi connectivity index (χ4v) is 1.27. The molecule has 0 aromatic heterocycles. The van der Waals surface area contributed by atoms with Crippen molar-refractivity contribution in [1.29, 1.82) is 0 Å². The summed E-state index contributed by atoms with van der Waals surface area (Å²) in [6, 6.07) is -0.306. The molecule has 0 fully saturated rings. The van der Waals surface area contributed by atoms with Crippen LogP contribution in [-0.2, 0) is 9.59 Å². The van der Waals surface area contributed by atoms with E-state index in [1.165, 1.54) is 0 Å². The molecule has 0 saturated heterocycles. The summed E-state index contributed by atoms with van der Waals surface area (Å²) >= 11 is 0. The highest BCUT2D eigenvalue weighted by Crippen LogP contribution is 1.96. The van der Waals surface area contributed by atoms with Gasteiger partial charge in [0.15, 0.2) is 0 Å². The van der Waals surface area contributed by atoms with Gasteiger partial charge in [-0.25, -0.2) is 0 Å². The van der Waals surface area contributed by atoms with Gasteiger partial charge in [0.1, 0.15) is 0 Å². The maximum absolute atomic E-state index is 11.4. The van der Waals surface area contributed by atoms with Crippen LogP contribution in [0.4, 0.5) is 0 Å². The van der Waals surface area contributed by atoms with Gasteiger partial charge in [-0.3, -0.25) is 9.59 Å². The maximum atomic E-state index is 11.4. The van der Waals surface area contributed by atoms with Crippen LogP contribution in [0.2, 0.25) is 0 Å². The van der Waals surface area contributed by atoms with E-state index in [9.17, 15) is 9.59 Å². The fourth-order valence-electron chi connectivity index (χ4n) is 1.27. The van der Waals surface area contributed by atoms with Crippen molar-refractivity contribution in [2.45, 2.75) is 18.9 Å². The summed E-state index contributed by atoms with van der Waals surface area (Å²) < 4.78 is 0. The lowest BCUT2D eigenvalue weighted by Gasteiger charge is -2.13. The molecule has 0 aliphatic carbocycles. The molecule has 1 atom stereocenters. The van der Waals surface area contributed by atoms with Crippen LogP contribution in [0.3, 0.4) is 0 Å². The minimum Gasteiger partial charge on any atom is -0.358 e. The van der Waals surface area contributed by atoms with Crippen LogP contribution in [0.1, 0.15) is 12.8 Å². The van der Waals surface area contributed by atoms with Gasteiger partial charge in [-0.05, 0) is 20.5 Å². The van der Waals surface area contributed by atoms with Crippen LogP contribution < -0.4 is 21.3 Å². The molecule has 0 heterocycles. The van der Waals surface area contributed by atoms with E-state index in [0.717, 1.165) is 6.54 Å². The van der Waals surface area contributed by atoms with Crippen LogP contribution in [0.15, 0.2) is 0 Å². The molecule has 4 N–H and O–H groups in total. The number of amides is 2. The Hall–Kier alpha value is -1.14. The summed E-state index contributed by atoms with van der Waals surface area (Å²) in [5.74, 6) is -0.120. The monoisotopic (exact) mass is 230 g/mol. The molecule has 0 aromatic rings. The van der Waals surface area contributed by atoms with Gasteiger partial charge < -0.3 is 21.3 Å². The van der Waals surface area contributed by atoms with Crippen LogP contribution in [-0.4, -0.2) is 52.1 Å². The van der Waals surface area contributed by atoms with Gasteiger partial charge in [0, 0.05) is 26.6 Å². The molecule has 0 aliphatic heterocycles. The molecule has 94 valence electrons. The first-order valence-corrected chi connectivity index (χ1v) is 5.45. The third kappa shape index (κ3) is 6.36. The molecule has 6 nitrogen and oxygen atoms in total. The first-order chi connectivity index (χ1) is 7.65. The molecule has 0 radical (unpaired) electrons. The topological polar surface area (TPSA) is 82.3 Å². The van der Waals surface area contributed by atoms with Gasteiger partial charge in [0.05, 0.1) is 6.04 Å². The average molecular weight is 230 g/mol. The normalized spacial score (nSPS) is 11.9. The van der Waals surface area contributed by atoms with E-state index in [0.29, 0.717) is 19.4 Å². The largest absolute Gasteiger partial charge is 0.358 e. The fraction of sp³-hybridized carbons (Fsp3) is 0.800. The molecule has 1 unspecified atom stereocenters. The molecule has 0 saturated carbocycles. The third-order valence-corrected chi connectivity index (χ3v) is 2.27. The lowest BCUT2D eigenvalue weighted by Crippen LogP contribution is -2.42. The van der Waals surface area contributed by atoms with Crippen molar-refractivity contribution >= 4 is 11.8 Å². The van der Waals surface area contributed by atoms with E-state index >= 15 is 0 Å². The van der Waals surface area contributed by atoms with E-state index in [4.69, 9.17) is 0 Å². The Balaban J connectivity index is 3.75. The van der Waals surface area contributed by atoms with Crippen LogP contribution in [0, 0.1) is 0 Å². The average Bonchev–Trinajstić information content (AvgIpc) is 2.29. The van der Waals surface area contributed by atoms with Crippen molar-refractivity contribution in [2.24, 2.45) is 0 Å². The summed E-state index contributed by atoms with van der Waals surface area (Å²) in [6.07, 6.45) is 0.851. The van der Waals surface area contributed by atoms with Crippen molar-refractivity contribution in [3.63, 3.8) is 0 Å². The van der Waals surface area contributed by atoms with Gasteiger partial charge in [-0.2, -0.15) is 0 Å². The molecular weight excluding hydrogens is 208 g/mol. The van der Waals surface area contributed by atoms with E-state index in [-0.39, 0.29) is 17.9 Å². The second-order valence-corrected chi connectivity index (χ2v) is 3.45. The highest BCUT2D eigenvalue weighted by atomic mass is 16.2. The molecule has 16 heavy (non-hydrogen) atoms. The van der Waals surface area contributed by atoms with Crippen molar-refractivity contribution < 1.29 is 9.59 Å². The smallest absolute Gasteiger partial charge is 0.236 e. The molecular formula is C10H22N4O2. The van der Waals surface area contributed by atoms with Crippen LogP contribution in [0.25, 0.3) is 0 Å². The second-order valence-electron chi connectivity index (χ2n) is 3.45. The summed E-state index contributed by atoms with van der Waals surface area (Å²) in [5, 5.41) is 11.1. The Kier molecular flexibility index (Phi) is 8.46. The maximum Gasteiger partial charge on any atom is 0.236 e. The SMILES string of the molecule is CNCCNC(=O)CCC(NC)C(=O)NC. The molecule has 0 spiro atoms. The number of likely N-dealkylation sites (N-methyl/N-ethyl adjacent to an activating group) is 3. The Bertz CT molecular complexity index is 221. The number of nitrogens with one attached hydrogen (secondary N) is 4. The van der Waals surface area contributed by atoms with E-state index in [1.54, 1.807) is 14.1 Å². The predicted molar refractivity (Wildman–Crippen MR) is 63.1 cm³/mol. The summed E-state index contributed by atoms with van der Waals surface area (Å²) in [5.41, 5.74) is 0. The van der Waals surface area contributed by atoms with Gasteiger partial charge >= 0.3 is 0 Å². The molecule has 0 rings (SSSR count). The first-order valence-electron chi connectivity index (χ1n) is 5.45. The number of hydrogen-bond acceptors (Lipinski definition) is 4.